The SMILES string of the molecule is Cc1c(Cl)cc(Br)c(C)c1C(C)(C)N. The van der Waals surface area contributed by atoms with E-state index >= 15 is 0 Å². The van der Waals surface area contributed by atoms with Crippen molar-refractivity contribution in [2.75, 3.05) is 0 Å². The van der Waals surface area contributed by atoms with Gasteiger partial charge in [0.1, 0.15) is 0 Å². The number of hydrogen-bond donors (Lipinski definition) is 1. The van der Waals surface area contributed by atoms with Crippen LogP contribution in [0, 0.1) is 13.8 Å². The van der Waals surface area contributed by atoms with Crippen LogP contribution in [0.5, 0.6) is 0 Å². The predicted molar refractivity (Wildman–Crippen MR) is 65.8 cm³/mol. The molecular weight excluding hydrogens is 261 g/mol. The van der Waals surface area contributed by atoms with E-state index in [1.54, 1.807) is 0 Å². The van der Waals surface area contributed by atoms with Crippen LogP contribution in [-0.4, -0.2) is 0 Å². The zero-order chi connectivity index (χ0) is 11.1. The van der Waals surface area contributed by atoms with Crippen molar-refractivity contribution in [2.24, 2.45) is 5.73 Å². The zero-order valence-electron chi connectivity index (χ0n) is 8.91. The number of nitrogens with two attached hydrogens (primary N) is 1. The van der Waals surface area contributed by atoms with Crippen LogP contribution in [0.4, 0.5) is 0 Å². The molecule has 78 valence electrons. The van der Waals surface area contributed by atoms with Gasteiger partial charge in [-0.3, -0.25) is 0 Å². The van der Waals surface area contributed by atoms with Crippen molar-refractivity contribution in [1.82, 2.24) is 0 Å². The summed E-state index contributed by atoms with van der Waals surface area (Å²) in [6.45, 7) is 8.04. The maximum Gasteiger partial charge on any atom is 0.0450 e. The van der Waals surface area contributed by atoms with E-state index in [0.29, 0.717) is 0 Å². The Morgan fingerprint density at radius 2 is 1.79 bits per heavy atom. The third-order valence-corrected chi connectivity index (χ3v) is 3.58. The molecule has 0 fully saturated rings. The molecule has 0 heterocycles. The van der Waals surface area contributed by atoms with Crippen LogP contribution < -0.4 is 5.73 Å². The van der Waals surface area contributed by atoms with Gasteiger partial charge in [-0.15, -0.1) is 0 Å². The highest BCUT2D eigenvalue weighted by Crippen LogP contribution is 2.34. The molecule has 3 heteroatoms. The minimum absolute atomic E-state index is 0.360. The van der Waals surface area contributed by atoms with Crippen LogP contribution in [0.15, 0.2) is 10.5 Å². The summed E-state index contributed by atoms with van der Waals surface area (Å²) in [6, 6.07) is 1.92. The van der Waals surface area contributed by atoms with E-state index in [-0.39, 0.29) is 5.54 Å². The normalized spacial score (nSPS) is 11.9. The van der Waals surface area contributed by atoms with Crippen LogP contribution >= 0.6 is 27.5 Å². The van der Waals surface area contributed by atoms with Crippen LogP contribution in [0.1, 0.15) is 30.5 Å². The van der Waals surface area contributed by atoms with Crippen molar-refractivity contribution in [2.45, 2.75) is 33.2 Å². The molecule has 1 nitrogen and oxygen atoms in total. The molecular formula is C11H15BrClN. The average molecular weight is 277 g/mol. The van der Waals surface area contributed by atoms with Gasteiger partial charge in [-0.1, -0.05) is 27.5 Å². The molecule has 0 atom stereocenters. The fraction of sp³-hybridized carbons (Fsp3) is 0.455. The number of hydrogen-bond acceptors (Lipinski definition) is 1. The van der Waals surface area contributed by atoms with Gasteiger partial charge in [0.05, 0.1) is 0 Å². The minimum Gasteiger partial charge on any atom is -0.322 e. The topological polar surface area (TPSA) is 26.0 Å². The number of rotatable bonds is 1. The Labute approximate surface area is 98.8 Å². The first-order valence-corrected chi connectivity index (χ1v) is 5.66. The molecule has 0 aliphatic carbocycles. The van der Waals surface area contributed by atoms with E-state index < -0.39 is 0 Å². The first-order chi connectivity index (χ1) is 6.25. The van der Waals surface area contributed by atoms with E-state index in [1.807, 2.05) is 26.8 Å². The van der Waals surface area contributed by atoms with E-state index in [4.69, 9.17) is 17.3 Å². The molecule has 0 spiro atoms. The minimum atomic E-state index is -0.360. The van der Waals surface area contributed by atoms with Gasteiger partial charge in [-0.2, -0.15) is 0 Å². The molecule has 1 aromatic carbocycles. The number of benzene rings is 1. The lowest BCUT2D eigenvalue weighted by Crippen LogP contribution is -2.30. The van der Waals surface area contributed by atoms with Gasteiger partial charge < -0.3 is 5.73 Å². The first-order valence-electron chi connectivity index (χ1n) is 4.49. The lowest BCUT2D eigenvalue weighted by molar-refractivity contribution is 0.546. The van der Waals surface area contributed by atoms with Crippen LogP contribution in [0.25, 0.3) is 0 Å². The van der Waals surface area contributed by atoms with E-state index in [9.17, 15) is 0 Å². The quantitative estimate of drug-likeness (QED) is 0.827. The third-order valence-electron chi connectivity index (χ3n) is 2.36. The molecule has 0 radical (unpaired) electrons. The van der Waals surface area contributed by atoms with Gasteiger partial charge >= 0.3 is 0 Å². The van der Waals surface area contributed by atoms with Gasteiger partial charge in [0.25, 0.3) is 0 Å². The lowest BCUT2D eigenvalue weighted by atomic mass is 9.88. The Morgan fingerprint density at radius 1 is 1.29 bits per heavy atom. The third kappa shape index (κ3) is 2.13. The van der Waals surface area contributed by atoms with Gasteiger partial charge in [0.2, 0.25) is 0 Å². The van der Waals surface area contributed by atoms with Crippen molar-refractivity contribution in [3.05, 3.63) is 32.3 Å². The van der Waals surface area contributed by atoms with Gasteiger partial charge in [-0.05, 0) is 50.5 Å². The monoisotopic (exact) mass is 275 g/mol. The highest BCUT2D eigenvalue weighted by molar-refractivity contribution is 9.10. The summed E-state index contributed by atoms with van der Waals surface area (Å²) in [6.07, 6.45) is 0. The molecule has 0 amide bonds. The molecule has 0 bridgehead atoms. The van der Waals surface area contributed by atoms with Crippen LogP contribution in [0.2, 0.25) is 5.02 Å². The average Bonchev–Trinajstić information content (AvgIpc) is 1.98. The summed E-state index contributed by atoms with van der Waals surface area (Å²) >= 11 is 9.60. The number of halogens is 2. The van der Waals surface area contributed by atoms with Crippen molar-refractivity contribution in [3.63, 3.8) is 0 Å². The maximum absolute atomic E-state index is 6.12. The molecule has 0 aliphatic heterocycles. The summed E-state index contributed by atoms with van der Waals surface area (Å²) < 4.78 is 1.02. The second-order valence-corrected chi connectivity index (χ2v) is 5.45. The largest absolute Gasteiger partial charge is 0.322 e. The summed E-state index contributed by atoms with van der Waals surface area (Å²) in [5.41, 5.74) is 9.11. The Bertz CT molecular complexity index is 340. The second kappa shape index (κ2) is 3.84. The Morgan fingerprint density at radius 3 is 2.21 bits per heavy atom. The Hall–Kier alpha value is -0.0500. The van der Waals surface area contributed by atoms with Gasteiger partial charge in [0, 0.05) is 15.0 Å². The van der Waals surface area contributed by atoms with Crippen LogP contribution in [0.3, 0.4) is 0 Å². The molecule has 1 rings (SSSR count). The standard InChI is InChI=1S/C11H15BrClN/c1-6-8(12)5-9(13)7(2)10(6)11(3,4)14/h5H,14H2,1-4H3. The summed E-state index contributed by atoms with van der Waals surface area (Å²) in [5, 5.41) is 0.760. The molecule has 0 unspecified atom stereocenters. The van der Waals surface area contributed by atoms with Crippen molar-refractivity contribution >= 4 is 27.5 Å². The Balaban J connectivity index is 3.56. The highest BCUT2D eigenvalue weighted by atomic mass is 79.9. The molecule has 2 N–H and O–H groups in total. The lowest BCUT2D eigenvalue weighted by Gasteiger charge is -2.25. The smallest absolute Gasteiger partial charge is 0.0450 e. The van der Waals surface area contributed by atoms with Crippen molar-refractivity contribution in [1.29, 1.82) is 0 Å². The van der Waals surface area contributed by atoms with Crippen molar-refractivity contribution in [3.8, 4) is 0 Å². The molecule has 0 aliphatic rings. The zero-order valence-corrected chi connectivity index (χ0v) is 11.3. The van der Waals surface area contributed by atoms with Crippen molar-refractivity contribution < 1.29 is 0 Å². The summed E-state index contributed by atoms with van der Waals surface area (Å²) in [4.78, 5) is 0. The fourth-order valence-corrected chi connectivity index (χ4v) is 2.58. The van der Waals surface area contributed by atoms with E-state index in [0.717, 1.165) is 20.6 Å². The Kier molecular flexibility index (Phi) is 3.30. The summed E-state index contributed by atoms with van der Waals surface area (Å²) in [5.74, 6) is 0. The fourth-order valence-electron chi connectivity index (χ4n) is 1.81. The molecule has 0 saturated carbocycles. The van der Waals surface area contributed by atoms with Gasteiger partial charge in [0.15, 0.2) is 0 Å². The first kappa shape index (κ1) is 12.0. The van der Waals surface area contributed by atoms with E-state index in [1.165, 1.54) is 5.56 Å². The second-order valence-electron chi connectivity index (χ2n) is 4.19. The summed E-state index contributed by atoms with van der Waals surface area (Å²) in [7, 11) is 0. The molecule has 1 aromatic rings. The molecule has 0 aromatic heterocycles. The molecule has 14 heavy (non-hydrogen) atoms. The predicted octanol–water partition coefficient (Wildman–Crippen LogP) is 3.91. The van der Waals surface area contributed by atoms with E-state index in [2.05, 4.69) is 22.9 Å². The maximum atomic E-state index is 6.12. The molecule has 0 saturated heterocycles. The van der Waals surface area contributed by atoms with Crippen LogP contribution in [-0.2, 0) is 5.54 Å². The highest BCUT2D eigenvalue weighted by Gasteiger charge is 2.22. The van der Waals surface area contributed by atoms with Gasteiger partial charge in [-0.25, -0.2) is 0 Å².